The van der Waals surface area contributed by atoms with E-state index in [2.05, 4.69) is 15.5 Å². The number of hydrogen-bond acceptors (Lipinski definition) is 7. The fourth-order valence-electron chi connectivity index (χ4n) is 4.14. The zero-order chi connectivity index (χ0) is 20.1. The van der Waals surface area contributed by atoms with Crippen LogP contribution in [-0.4, -0.2) is 60.5 Å². The number of nitrogens with zero attached hydrogens (tertiary/aromatic N) is 5. The number of nitrogens with one attached hydrogen (secondary N) is 1. The molecule has 2 aromatic rings. The van der Waals surface area contributed by atoms with E-state index in [1.807, 2.05) is 4.57 Å². The van der Waals surface area contributed by atoms with Crippen LogP contribution in [0.1, 0.15) is 45.3 Å². The van der Waals surface area contributed by atoms with Gasteiger partial charge in [0, 0.05) is 25.7 Å². The van der Waals surface area contributed by atoms with Crippen LogP contribution >= 0.6 is 0 Å². The molecule has 2 amide bonds. The van der Waals surface area contributed by atoms with Crippen LogP contribution in [-0.2, 0) is 30.8 Å². The molecule has 152 valence electrons. The van der Waals surface area contributed by atoms with E-state index < -0.39 is 29.2 Å². The van der Waals surface area contributed by atoms with Gasteiger partial charge in [0.05, 0.1) is 19.7 Å². The Bertz CT molecular complexity index is 1070. The molecule has 5 heterocycles. The minimum Gasteiger partial charge on any atom is -0.503 e. The second-order valence-electron chi connectivity index (χ2n) is 7.37. The summed E-state index contributed by atoms with van der Waals surface area (Å²) in [6, 6.07) is 0. The van der Waals surface area contributed by atoms with Crippen molar-refractivity contribution in [1.82, 2.24) is 29.5 Å². The average Bonchev–Trinajstić information content (AvgIpc) is 3.36. The standard InChI is InChI=1S/C18H20N6O5/c25-15-10(17(27)19-7-12-21-20-11-3-1-2-4-23(11)12)8-22-9-13-24(5-6-29-13)18(28)14(22)16(15)26/h8,13,26H,1-7,9H2,(H,19,27). The summed E-state index contributed by atoms with van der Waals surface area (Å²) in [7, 11) is 0. The van der Waals surface area contributed by atoms with Gasteiger partial charge in [-0.05, 0) is 12.8 Å². The van der Waals surface area contributed by atoms with Crippen molar-refractivity contribution in [2.24, 2.45) is 0 Å². The highest BCUT2D eigenvalue weighted by atomic mass is 16.5. The van der Waals surface area contributed by atoms with Crippen molar-refractivity contribution in [2.45, 2.75) is 45.1 Å². The smallest absolute Gasteiger partial charge is 0.276 e. The van der Waals surface area contributed by atoms with Crippen LogP contribution in [0.4, 0.5) is 0 Å². The van der Waals surface area contributed by atoms with E-state index in [1.165, 1.54) is 15.7 Å². The maximum Gasteiger partial charge on any atom is 0.276 e. The molecule has 11 heteroatoms. The zero-order valence-corrected chi connectivity index (χ0v) is 15.6. The molecule has 3 aliphatic heterocycles. The number of carbonyl (C=O) groups is 2. The molecule has 0 radical (unpaired) electrons. The third kappa shape index (κ3) is 2.80. The summed E-state index contributed by atoms with van der Waals surface area (Å²) in [4.78, 5) is 39.3. The van der Waals surface area contributed by atoms with Gasteiger partial charge in [0.25, 0.3) is 11.8 Å². The van der Waals surface area contributed by atoms with Gasteiger partial charge in [-0.3, -0.25) is 14.4 Å². The Morgan fingerprint density at radius 3 is 3.00 bits per heavy atom. The first kappa shape index (κ1) is 17.9. The molecule has 3 aliphatic rings. The normalized spacial score (nSPS) is 20.2. The molecule has 0 aliphatic carbocycles. The fraction of sp³-hybridized carbons (Fsp3) is 0.500. The molecule has 0 bridgehead atoms. The summed E-state index contributed by atoms with van der Waals surface area (Å²) < 4.78 is 8.90. The second-order valence-corrected chi connectivity index (χ2v) is 7.37. The lowest BCUT2D eigenvalue weighted by atomic mass is 10.1. The SMILES string of the molecule is O=C(NCc1nnc2n1CCCC2)c1cn2c(c(O)c1=O)C(=O)N1CCOC1C2. The van der Waals surface area contributed by atoms with Gasteiger partial charge in [0.15, 0.2) is 23.5 Å². The van der Waals surface area contributed by atoms with Crippen molar-refractivity contribution < 1.29 is 19.4 Å². The van der Waals surface area contributed by atoms with Gasteiger partial charge in [-0.25, -0.2) is 0 Å². The molecule has 2 N–H and O–H groups in total. The van der Waals surface area contributed by atoms with E-state index in [1.54, 1.807) is 0 Å². The Labute approximate surface area is 164 Å². The molecule has 2 aromatic heterocycles. The van der Waals surface area contributed by atoms with E-state index in [0.717, 1.165) is 31.6 Å². The van der Waals surface area contributed by atoms with Crippen molar-refractivity contribution in [3.8, 4) is 5.75 Å². The van der Waals surface area contributed by atoms with Crippen molar-refractivity contribution in [3.05, 3.63) is 39.3 Å². The summed E-state index contributed by atoms with van der Waals surface area (Å²) in [6.07, 6.45) is 3.80. The number of pyridine rings is 1. The highest BCUT2D eigenvalue weighted by Crippen LogP contribution is 2.26. The molecule has 29 heavy (non-hydrogen) atoms. The van der Waals surface area contributed by atoms with Crippen LogP contribution in [0.3, 0.4) is 0 Å². The number of aryl methyl sites for hydroxylation is 1. The molecule has 0 saturated carbocycles. The zero-order valence-electron chi connectivity index (χ0n) is 15.6. The molecule has 1 fully saturated rings. The fourth-order valence-corrected chi connectivity index (χ4v) is 4.14. The predicted octanol–water partition coefficient (Wildman–Crippen LogP) is -0.776. The second kappa shape index (κ2) is 6.69. The average molecular weight is 400 g/mol. The predicted molar refractivity (Wildman–Crippen MR) is 97.3 cm³/mol. The van der Waals surface area contributed by atoms with E-state index in [-0.39, 0.29) is 24.3 Å². The Morgan fingerprint density at radius 2 is 2.14 bits per heavy atom. The number of amides is 2. The highest BCUT2D eigenvalue weighted by Gasteiger charge is 2.39. The van der Waals surface area contributed by atoms with E-state index >= 15 is 0 Å². The first-order valence-corrected chi connectivity index (χ1v) is 9.62. The minimum atomic E-state index is -0.871. The number of hydrogen-bond donors (Lipinski definition) is 2. The maximum atomic E-state index is 12.7. The minimum absolute atomic E-state index is 0.111. The van der Waals surface area contributed by atoms with Gasteiger partial charge in [-0.15, -0.1) is 10.2 Å². The molecule has 5 rings (SSSR count). The number of fused-ring (bicyclic) bond motifs is 3. The van der Waals surface area contributed by atoms with E-state index in [4.69, 9.17) is 4.74 Å². The molecular formula is C18H20N6O5. The molecule has 1 saturated heterocycles. The van der Waals surface area contributed by atoms with Gasteiger partial charge >= 0.3 is 0 Å². The van der Waals surface area contributed by atoms with Gasteiger partial charge in [0.1, 0.15) is 11.4 Å². The summed E-state index contributed by atoms with van der Waals surface area (Å²) in [5.74, 6) is -0.314. The van der Waals surface area contributed by atoms with E-state index in [9.17, 15) is 19.5 Å². The first-order valence-electron chi connectivity index (χ1n) is 9.62. The molecule has 0 aromatic carbocycles. The number of aromatic nitrogens is 4. The van der Waals surface area contributed by atoms with Crippen LogP contribution in [0, 0.1) is 0 Å². The summed E-state index contributed by atoms with van der Waals surface area (Å²) in [6.45, 7) is 1.96. The largest absolute Gasteiger partial charge is 0.503 e. The van der Waals surface area contributed by atoms with E-state index in [0.29, 0.717) is 19.0 Å². The monoisotopic (exact) mass is 400 g/mol. The molecule has 11 nitrogen and oxygen atoms in total. The Balaban J connectivity index is 1.41. The number of carbonyl (C=O) groups excluding carboxylic acids is 2. The quantitative estimate of drug-likeness (QED) is 0.691. The lowest BCUT2D eigenvalue weighted by molar-refractivity contribution is 0.00845. The van der Waals surface area contributed by atoms with Crippen LogP contribution < -0.4 is 10.7 Å². The van der Waals surface area contributed by atoms with Gasteiger partial charge in [-0.1, -0.05) is 0 Å². The third-order valence-electron chi connectivity index (χ3n) is 5.65. The van der Waals surface area contributed by atoms with Crippen LogP contribution in [0.5, 0.6) is 5.75 Å². The van der Waals surface area contributed by atoms with Gasteiger partial charge in [0.2, 0.25) is 5.43 Å². The van der Waals surface area contributed by atoms with Gasteiger partial charge < -0.3 is 29.2 Å². The topological polar surface area (TPSA) is 132 Å². The van der Waals surface area contributed by atoms with Crippen molar-refractivity contribution in [2.75, 3.05) is 13.2 Å². The Kier molecular flexibility index (Phi) is 4.12. The maximum absolute atomic E-state index is 12.7. The number of ether oxygens (including phenoxy) is 1. The summed E-state index contributed by atoms with van der Waals surface area (Å²) in [5.41, 5.74) is -1.22. The molecule has 1 atom stereocenters. The van der Waals surface area contributed by atoms with Gasteiger partial charge in [-0.2, -0.15) is 0 Å². The van der Waals surface area contributed by atoms with Crippen LogP contribution in [0.2, 0.25) is 0 Å². The van der Waals surface area contributed by atoms with Crippen LogP contribution in [0.15, 0.2) is 11.0 Å². The van der Waals surface area contributed by atoms with Crippen LogP contribution in [0.25, 0.3) is 0 Å². The lowest BCUT2D eigenvalue weighted by Gasteiger charge is -2.31. The van der Waals surface area contributed by atoms with Crippen molar-refractivity contribution in [3.63, 3.8) is 0 Å². The number of aromatic hydroxyl groups is 1. The summed E-state index contributed by atoms with van der Waals surface area (Å²) in [5, 5.41) is 21.3. The molecular weight excluding hydrogens is 380 g/mol. The number of rotatable bonds is 3. The van der Waals surface area contributed by atoms with Crippen molar-refractivity contribution >= 4 is 11.8 Å². The first-order chi connectivity index (χ1) is 14.0. The Morgan fingerprint density at radius 1 is 1.28 bits per heavy atom. The summed E-state index contributed by atoms with van der Waals surface area (Å²) >= 11 is 0. The molecule has 1 unspecified atom stereocenters. The third-order valence-corrected chi connectivity index (χ3v) is 5.65. The Hall–Kier alpha value is -3.21. The van der Waals surface area contributed by atoms with Crippen molar-refractivity contribution in [1.29, 1.82) is 0 Å². The lowest BCUT2D eigenvalue weighted by Crippen LogP contribution is -2.46. The molecule has 0 spiro atoms. The highest BCUT2D eigenvalue weighted by molar-refractivity contribution is 5.99.